The molecule has 0 heterocycles. The summed E-state index contributed by atoms with van der Waals surface area (Å²) < 4.78 is 0. The van der Waals surface area contributed by atoms with Crippen LogP contribution in [0.3, 0.4) is 0 Å². The third kappa shape index (κ3) is 5.12. The summed E-state index contributed by atoms with van der Waals surface area (Å²) in [5.74, 6) is 11.5. The fraction of sp³-hybridized carbons (Fsp3) is 0.500. The number of hydrogen-bond donors (Lipinski definition) is 0. The zero-order valence-electron chi connectivity index (χ0n) is 5.41. The Hall–Kier alpha value is -0.880. The molecule has 0 heteroatoms. The van der Waals surface area contributed by atoms with Gasteiger partial charge in [0, 0.05) is 6.42 Å². The predicted octanol–water partition coefficient (Wildman–Crippen LogP) is 1.81. The van der Waals surface area contributed by atoms with Crippen LogP contribution in [0.25, 0.3) is 0 Å². The first-order valence-electron chi connectivity index (χ1n) is 2.77. The fourth-order valence-corrected chi connectivity index (χ4v) is 0.320. The zero-order chi connectivity index (χ0) is 6.24. The lowest BCUT2D eigenvalue weighted by atomic mass is 10.4. The Morgan fingerprint density at radius 1 is 1.12 bits per heavy atom. The van der Waals surface area contributed by atoms with E-state index in [1.165, 1.54) is 0 Å². The highest BCUT2D eigenvalue weighted by Crippen LogP contribution is 1.71. The molecular formula is C8H10. The van der Waals surface area contributed by atoms with Crippen LogP contribution < -0.4 is 0 Å². The van der Waals surface area contributed by atoms with Crippen molar-refractivity contribution in [3.8, 4) is 23.7 Å². The van der Waals surface area contributed by atoms with E-state index in [2.05, 4.69) is 23.7 Å². The average Bonchev–Trinajstić information content (AvgIpc) is 1.81. The number of rotatable bonds is 0. The van der Waals surface area contributed by atoms with Gasteiger partial charge in [0.25, 0.3) is 0 Å². The van der Waals surface area contributed by atoms with Crippen LogP contribution in [0.1, 0.15) is 26.7 Å². The van der Waals surface area contributed by atoms with Gasteiger partial charge < -0.3 is 0 Å². The van der Waals surface area contributed by atoms with Crippen molar-refractivity contribution in [1.82, 2.24) is 0 Å². The largest absolute Gasteiger partial charge is 0.106 e. The van der Waals surface area contributed by atoms with Crippen molar-refractivity contribution in [2.45, 2.75) is 26.7 Å². The molecule has 8 heavy (non-hydrogen) atoms. The van der Waals surface area contributed by atoms with Crippen LogP contribution in [0, 0.1) is 23.7 Å². The molecular weight excluding hydrogens is 96.1 g/mol. The van der Waals surface area contributed by atoms with Crippen LogP contribution in [-0.2, 0) is 0 Å². The molecule has 0 spiro atoms. The summed E-state index contributed by atoms with van der Waals surface area (Å²) in [5, 5.41) is 0. The molecule has 0 aliphatic heterocycles. The SMILES string of the molecule is CC#CCC#CCC. The summed E-state index contributed by atoms with van der Waals surface area (Å²) in [6.07, 6.45) is 1.66. The lowest BCUT2D eigenvalue weighted by Gasteiger charge is -1.68. The van der Waals surface area contributed by atoms with E-state index in [0.29, 0.717) is 0 Å². The van der Waals surface area contributed by atoms with Crippen molar-refractivity contribution in [2.75, 3.05) is 0 Å². The Kier molecular flexibility index (Phi) is 5.45. The normalized spacial score (nSPS) is 5.75. The van der Waals surface area contributed by atoms with E-state index in [4.69, 9.17) is 0 Å². The van der Waals surface area contributed by atoms with Crippen LogP contribution in [-0.4, -0.2) is 0 Å². The summed E-state index contributed by atoms with van der Waals surface area (Å²) in [6.45, 7) is 3.86. The molecule has 0 N–H and O–H groups in total. The minimum absolute atomic E-state index is 0.727. The van der Waals surface area contributed by atoms with Crippen LogP contribution in [0.5, 0.6) is 0 Å². The zero-order valence-corrected chi connectivity index (χ0v) is 5.41. The summed E-state index contributed by atoms with van der Waals surface area (Å²) in [4.78, 5) is 0. The van der Waals surface area contributed by atoms with Crippen LogP contribution >= 0.6 is 0 Å². The maximum Gasteiger partial charge on any atom is 0.0702 e. The van der Waals surface area contributed by atoms with E-state index in [1.807, 2.05) is 13.8 Å². The molecule has 0 saturated carbocycles. The first kappa shape index (κ1) is 7.12. The van der Waals surface area contributed by atoms with Gasteiger partial charge in [-0.05, 0) is 6.92 Å². The van der Waals surface area contributed by atoms with Crippen LogP contribution in [0.4, 0.5) is 0 Å². The van der Waals surface area contributed by atoms with E-state index in [-0.39, 0.29) is 0 Å². The molecule has 0 aliphatic rings. The average molecular weight is 106 g/mol. The molecule has 0 aromatic carbocycles. The highest BCUT2D eigenvalue weighted by atomic mass is 13.7. The molecule has 0 bridgehead atoms. The van der Waals surface area contributed by atoms with Gasteiger partial charge in [-0.3, -0.25) is 0 Å². The van der Waals surface area contributed by atoms with Gasteiger partial charge in [0.2, 0.25) is 0 Å². The second-order valence-corrected chi connectivity index (χ2v) is 1.31. The maximum atomic E-state index is 2.93. The van der Waals surface area contributed by atoms with E-state index in [1.54, 1.807) is 0 Å². The van der Waals surface area contributed by atoms with Crippen LogP contribution in [0.2, 0.25) is 0 Å². The van der Waals surface area contributed by atoms with Crippen molar-refractivity contribution in [3.63, 3.8) is 0 Å². The van der Waals surface area contributed by atoms with Gasteiger partial charge >= 0.3 is 0 Å². The first-order valence-corrected chi connectivity index (χ1v) is 2.77. The molecule has 42 valence electrons. The molecule has 0 aromatic rings. The van der Waals surface area contributed by atoms with Crippen molar-refractivity contribution in [2.24, 2.45) is 0 Å². The van der Waals surface area contributed by atoms with Gasteiger partial charge in [-0.15, -0.1) is 11.8 Å². The monoisotopic (exact) mass is 106 g/mol. The quantitative estimate of drug-likeness (QED) is 0.413. The van der Waals surface area contributed by atoms with Gasteiger partial charge in [0.15, 0.2) is 0 Å². The van der Waals surface area contributed by atoms with Gasteiger partial charge in [0.1, 0.15) is 0 Å². The Balaban J connectivity index is 3.24. The molecule has 0 aliphatic carbocycles. The Morgan fingerprint density at radius 2 is 1.88 bits per heavy atom. The summed E-state index contributed by atoms with van der Waals surface area (Å²) in [6, 6.07) is 0. The summed E-state index contributed by atoms with van der Waals surface area (Å²) >= 11 is 0. The molecule has 0 atom stereocenters. The highest BCUT2D eigenvalue weighted by Gasteiger charge is 1.61. The van der Waals surface area contributed by atoms with Crippen molar-refractivity contribution < 1.29 is 0 Å². The van der Waals surface area contributed by atoms with E-state index in [9.17, 15) is 0 Å². The highest BCUT2D eigenvalue weighted by molar-refractivity contribution is 5.09. The molecule has 0 unspecified atom stereocenters. The topological polar surface area (TPSA) is 0 Å². The molecule has 0 fully saturated rings. The minimum atomic E-state index is 0.727. The second-order valence-electron chi connectivity index (χ2n) is 1.31. The van der Waals surface area contributed by atoms with Crippen molar-refractivity contribution >= 4 is 0 Å². The van der Waals surface area contributed by atoms with Gasteiger partial charge in [-0.25, -0.2) is 0 Å². The fourth-order valence-electron chi connectivity index (χ4n) is 0.320. The van der Waals surface area contributed by atoms with Crippen molar-refractivity contribution in [1.29, 1.82) is 0 Å². The van der Waals surface area contributed by atoms with Gasteiger partial charge in [-0.1, -0.05) is 18.8 Å². The summed E-state index contributed by atoms with van der Waals surface area (Å²) in [7, 11) is 0. The Labute approximate surface area is 51.3 Å². The third-order valence-corrected chi connectivity index (χ3v) is 0.655. The molecule has 0 radical (unpaired) electrons. The summed E-state index contributed by atoms with van der Waals surface area (Å²) in [5.41, 5.74) is 0. The maximum absolute atomic E-state index is 2.93. The number of hydrogen-bond acceptors (Lipinski definition) is 0. The second kappa shape index (κ2) is 6.12. The van der Waals surface area contributed by atoms with Gasteiger partial charge in [0.05, 0.1) is 6.42 Å². The standard InChI is InChI=1S/C8H10/c1-3-5-7-8-6-4-2/h3,8H2,1-2H3. The smallest absolute Gasteiger partial charge is 0.0702 e. The van der Waals surface area contributed by atoms with E-state index >= 15 is 0 Å². The molecule has 0 saturated heterocycles. The van der Waals surface area contributed by atoms with E-state index < -0.39 is 0 Å². The third-order valence-electron chi connectivity index (χ3n) is 0.655. The minimum Gasteiger partial charge on any atom is -0.106 e. The Bertz CT molecular complexity index is 144. The van der Waals surface area contributed by atoms with Crippen molar-refractivity contribution in [3.05, 3.63) is 0 Å². The van der Waals surface area contributed by atoms with Crippen LogP contribution in [0.15, 0.2) is 0 Å². The molecule has 0 nitrogen and oxygen atoms in total. The van der Waals surface area contributed by atoms with E-state index in [0.717, 1.165) is 12.8 Å². The molecule has 0 aromatic heterocycles. The predicted molar refractivity (Wildman–Crippen MR) is 36.1 cm³/mol. The van der Waals surface area contributed by atoms with Gasteiger partial charge in [-0.2, -0.15) is 0 Å². The lowest BCUT2D eigenvalue weighted by Crippen LogP contribution is -1.57. The molecule has 0 amide bonds. The molecule has 0 rings (SSSR count). The lowest BCUT2D eigenvalue weighted by molar-refractivity contribution is 1.27. The first-order chi connectivity index (χ1) is 3.91. The Morgan fingerprint density at radius 3 is 2.38 bits per heavy atom.